The Morgan fingerprint density at radius 1 is 1.11 bits per heavy atom. The number of rotatable bonds is 4. The molecule has 0 fully saturated rings. The molecule has 0 saturated heterocycles. The van der Waals surface area contributed by atoms with Gasteiger partial charge in [0.05, 0.1) is 16.7 Å². The summed E-state index contributed by atoms with van der Waals surface area (Å²) in [6.45, 7) is 2.46. The number of carbonyl (C=O) groups excluding carboxylic acids is 1. The van der Waals surface area contributed by atoms with E-state index >= 15 is 0 Å². The van der Waals surface area contributed by atoms with Gasteiger partial charge in [0.25, 0.3) is 5.91 Å². The van der Waals surface area contributed by atoms with Gasteiger partial charge in [-0.3, -0.25) is 15.2 Å². The van der Waals surface area contributed by atoms with Gasteiger partial charge >= 0.3 is 0 Å². The topological polar surface area (TPSA) is 75.6 Å². The number of benzene rings is 2. The van der Waals surface area contributed by atoms with Crippen LogP contribution in [0.4, 0.5) is 14.7 Å². The highest BCUT2D eigenvalue weighted by Crippen LogP contribution is 2.22. The van der Waals surface area contributed by atoms with E-state index in [1.807, 2.05) is 6.92 Å². The summed E-state index contributed by atoms with van der Waals surface area (Å²) in [5.74, 6) is -0.844. The van der Waals surface area contributed by atoms with E-state index in [1.165, 1.54) is 24.3 Å². The lowest BCUT2D eigenvalue weighted by Crippen LogP contribution is -2.16. The maximum atomic E-state index is 13.4. The minimum atomic E-state index is -0.429. The van der Waals surface area contributed by atoms with Gasteiger partial charge in [0.15, 0.2) is 0 Å². The first-order valence-electron chi connectivity index (χ1n) is 8.33. The van der Waals surface area contributed by atoms with Gasteiger partial charge in [-0.05, 0) is 49.4 Å². The van der Waals surface area contributed by atoms with Crippen LogP contribution < -0.4 is 5.32 Å². The maximum Gasteiger partial charge on any atom is 0.275 e. The van der Waals surface area contributed by atoms with Crippen LogP contribution in [0.1, 0.15) is 17.4 Å². The maximum absolute atomic E-state index is 13.4. The fourth-order valence-electron chi connectivity index (χ4n) is 2.89. The second-order valence-corrected chi connectivity index (χ2v) is 5.94. The number of imidazole rings is 1. The van der Waals surface area contributed by atoms with Gasteiger partial charge < -0.3 is 4.57 Å². The van der Waals surface area contributed by atoms with Gasteiger partial charge in [0.2, 0.25) is 5.95 Å². The fourth-order valence-corrected chi connectivity index (χ4v) is 2.89. The molecule has 0 aliphatic carbocycles. The first-order valence-corrected chi connectivity index (χ1v) is 8.33. The van der Waals surface area contributed by atoms with Crippen LogP contribution in [0, 0.1) is 11.6 Å². The Labute approximate surface area is 152 Å². The molecule has 0 aliphatic heterocycles. The molecule has 0 unspecified atom stereocenters. The minimum Gasteiger partial charge on any atom is -0.310 e. The molecule has 2 N–H and O–H groups in total. The molecule has 0 atom stereocenters. The van der Waals surface area contributed by atoms with E-state index in [0.29, 0.717) is 29.3 Å². The van der Waals surface area contributed by atoms with E-state index in [1.54, 1.807) is 28.8 Å². The molecule has 0 aliphatic rings. The first kappa shape index (κ1) is 16.9. The molecule has 4 aromatic rings. The molecule has 2 aromatic carbocycles. The third-order valence-electron chi connectivity index (χ3n) is 4.21. The van der Waals surface area contributed by atoms with Crippen molar-refractivity contribution in [1.82, 2.24) is 19.7 Å². The Balaban J connectivity index is 1.61. The van der Waals surface area contributed by atoms with Crippen LogP contribution in [0.15, 0.2) is 48.5 Å². The van der Waals surface area contributed by atoms with Gasteiger partial charge in [-0.2, -0.15) is 5.10 Å². The summed E-state index contributed by atoms with van der Waals surface area (Å²) in [5, 5.41) is 9.48. The molecule has 4 rings (SSSR count). The SMILES string of the molecule is CCn1c(NC(=O)c2cc(-c3ccc(F)cc3)n[nH]2)nc2cc(F)ccc21. The van der Waals surface area contributed by atoms with Crippen molar-refractivity contribution in [3.63, 3.8) is 0 Å². The summed E-state index contributed by atoms with van der Waals surface area (Å²) in [4.78, 5) is 16.9. The average Bonchev–Trinajstić information content (AvgIpc) is 3.26. The van der Waals surface area contributed by atoms with Crippen LogP contribution in [0.3, 0.4) is 0 Å². The fraction of sp³-hybridized carbons (Fsp3) is 0.105. The van der Waals surface area contributed by atoms with Gasteiger partial charge in [0.1, 0.15) is 17.3 Å². The second-order valence-electron chi connectivity index (χ2n) is 5.94. The predicted octanol–water partition coefficient (Wildman–Crippen LogP) is 3.98. The number of fused-ring (bicyclic) bond motifs is 1. The van der Waals surface area contributed by atoms with E-state index in [2.05, 4.69) is 20.5 Å². The molecule has 0 saturated carbocycles. The number of amides is 1. The van der Waals surface area contributed by atoms with Gasteiger partial charge in [-0.25, -0.2) is 13.8 Å². The largest absolute Gasteiger partial charge is 0.310 e. The Morgan fingerprint density at radius 3 is 2.59 bits per heavy atom. The number of aromatic nitrogens is 4. The molecule has 2 heterocycles. The number of anilines is 1. The number of carbonyl (C=O) groups is 1. The summed E-state index contributed by atoms with van der Waals surface area (Å²) in [5.41, 5.74) is 2.62. The highest BCUT2D eigenvalue weighted by atomic mass is 19.1. The highest BCUT2D eigenvalue weighted by molar-refractivity contribution is 6.03. The van der Waals surface area contributed by atoms with Crippen molar-refractivity contribution >= 4 is 22.9 Å². The lowest BCUT2D eigenvalue weighted by Gasteiger charge is -2.06. The van der Waals surface area contributed by atoms with Gasteiger partial charge in [-0.15, -0.1) is 0 Å². The number of hydrogen-bond donors (Lipinski definition) is 2. The van der Waals surface area contributed by atoms with Crippen LogP contribution in [-0.2, 0) is 6.54 Å². The molecular weight excluding hydrogens is 352 g/mol. The third kappa shape index (κ3) is 3.17. The molecule has 2 aromatic heterocycles. The van der Waals surface area contributed by atoms with E-state index in [4.69, 9.17) is 0 Å². The number of nitrogens with one attached hydrogen (secondary N) is 2. The average molecular weight is 367 g/mol. The zero-order valence-corrected chi connectivity index (χ0v) is 14.3. The van der Waals surface area contributed by atoms with E-state index in [9.17, 15) is 13.6 Å². The molecule has 136 valence electrons. The van der Waals surface area contributed by atoms with Crippen molar-refractivity contribution < 1.29 is 13.6 Å². The van der Waals surface area contributed by atoms with Crippen molar-refractivity contribution in [2.24, 2.45) is 0 Å². The lowest BCUT2D eigenvalue weighted by molar-refractivity contribution is 0.102. The number of hydrogen-bond acceptors (Lipinski definition) is 3. The third-order valence-corrected chi connectivity index (χ3v) is 4.21. The molecule has 8 heteroatoms. The Hall–Kier alpha value is -3.55. The summed E-state index contributed by atoms with van der Waals surface area (Å²) < 4.78 is 28.2. The van der Waals surface area contributed by atoms with Crippen LogP contribution in [0.5, 0.6) is 0 Å². The number of halogens is 2. The van der Waals surface area contributed by atoms with Crippen molar-refractivity contribution in [3.05, 3.63) is 65.9 Å². The lowest BCUT2D eigenvalue weighted by atomic mass is 10.1. The van der Waals surface area contributed by atoms with Crippen LogP contribution in [-0.4, -0.2) is 25.7 Å². The molecule has 0 radical (unpaired) electrons. The highest BCUT2D eigenvalue weighted by Gasteiger charge is 2.16. The summed E-state index contributed by atoms with van der Waals surface area (Å²) in [6, 6.07) is 11.7. The quantitative estimate of drug-likeness (QED) is 0.573. The van der Waals surface area contributed by atoms with Crippen molar-refractivity contribution in [3.8, 4) is 11.3 Å². The van der Waals surface area contributed by atoms with E-state index in [0.717, 1.165) is 5.52 Å². The predicted molar refractivity (Wildman–Crippen MR) is 97.3 cm³/mol. The van der Waals surface area contributed by atoms with Crippen LogP contribution in [0.25, 0.3) is 22.3 Å². The summed E-state index contributed by atoms with van der Waals surface area (Å²) in [7, 11) is 0. The first-order chi connectivity index (χ1) is 13.0. The van der Waals surface area contributed by atoms with Gasteiger partial charge in [-0.1, -0.05) is 0 Å². The number of H-pyrrole nitrogens is 1. The van der Waals surface area contributed by atoms with Gasteiger partial charge in [0, 0.05) is 18.2 Å². The Kier molecular flexibility index (Phi) is 4.15. The Bertz CT molecular complexity index is 1130. The molecule has 27 heavy (non-hydrogen) atoms. The van der Waals surface area contributed by atoms with Crippen molar-refractivity contribution in [2.75, 3.05) is 5.32 Å². The molecule has 1 amide bonds. The van der Waals surface area contributed by atoms with Crippen molar-refractivity contribution in [1.29, 1.82) is 0 Å². The summed E-state index contributed by atoms with van der Waals surface area (Å²) >= 11 is 0. The van der Waals surface area contributed by atoms with E-state index in [-0.39, 0.29) is 11.5 Å². The zero-order valence-electron chi connectivity index (χ0n) is 14.3. The normalized spacial score (nSPS) is 11.1. The summed E-state index contributed by atoms with van der Waals surface area (Å²) in [6.07, 6.45) is 0. The minimum absolute atomic E-state index is 0.232. The smallest absolute Gasteiger partial charge is 0.275 e. The molecule has 0 bridgehead atoms. The number of aromatic amines is 1. The van der Waals surface area contributed by atoms with Crippen LogP contribution in [0.2, 0.25) is 0 Å². The number of nitrogens with zero attached hydrogens (tertiary/aromatic N) is 3. The van der Waals surface area contributed by atoms with Crippen molar-refractivity contribution in [2.45, 2.75) is 13.5 Å². The Morgan fingerprint density at radius 2 is 1.85 bits per heavy atom. The van der Waals surface area contributed by atoms with E-state index < -0.39 is 11.7 Å². The van der Waals surface area contributed by atoms with Crippen LogP contribution >= 0.6 is 0 Å². The monoisotopic (exact) mass is 367 g/mol. The molecule has 0 spiro atoms. The second kappa shape index (κ2) is 6.64. The molecule has 6 nitrogen and oxygen atoms in total. The number of aryl methyl sites for hydroxylation is 1. The zero-order chi connectivity index (χ0) is 19.0. The molecular formula is C19H15F2N5O. The standard InChI is InChI=1S/C19H15F2N5O/c1-2-26-17-8-7-13(21)9-15(17)22-19(26)23-18(27)16-10-14(24-25-16)11-3-5-12(20)6-4-11/h3-10H,2H2,1H3,(H,24,25)(H,22,23,27).